The molecule has 0 aromatic carbocycles. The van der Waals surface area contributed by atoms with Gasteiger partial charge >= 0.3 is 12.0 Å². The molecule has 0 unspecified atom stereocenters. The number of hydrogen-bond acceptors (Lipinski definition) is 5. The van der Waals surface area contributed by atoms with Gasteiger partial charge in [0.15, 0.2) is 0 Å². The summed E-state index contributed by atoms with van der Waals surface area (Å²) in [7, 11) is 0. The Labute approximate surface area is 118 Å². The fourth-order valence-electron chi connectivity index (χ4n) is 1.47. The van der Waals surface area contributed by atoms with Crippen LogP contribution in [0.2, 0.25) is 0 Å². The summed E-state index contributed by atoms with van der Waals surface area (Å²) in [6.45, 7) is 0.446. The second-order valence-corrected chi connectivity index (χ2v) is 4.60. The Morgan fingerprint density at radius 1 is 1.35 bits per heavy atom. The lowest BCUT2D eigenvalue weighted by atomic mass is 10.2. The van der Waals surface area contributed by atoms with Crippen LogP contribution in [0.15, 0.2) is 29.4 Å². The summed E-state index contributed by atoms with van der Waals surface area (Å²) in [4.78, 5) is 30.2. The number of carboxylic acid groups (broad SMARTS) is 1. The van der Waals surface area contributed by atoms with Crippen molar-refractivity contribution in [3.63, 3.8) is 0 Å². The molecule has 3 N–H and O–H groups in total. The van der Waals surface area contributed by atoms with Gasteiger partial charge in [0, 0.05) is 24.5 Å². The Morgan fingerprint density at radius 2 is 2.20 bits per heavy atom. The standard InChI is InChI=1S/C12H12N4O3S/c17-11(18)8-3-10(5-13-4-8)16-12(19)14-2-1-9-6-20-7-15-9/h3-7H,1-2H2,(H,17,18)(H2,14,16,19). The molecular weight excluding hydrogens is 280 g/mol. The summed E-state index contributed by atoms with van der Waals surface area (Å²) in [5.41, 5.74) is 3.00. The first kappa shape index (κ1) is 13.9. The van der Waals surface area contributed by atoms with Crippen molar-refractivity contribution in [2.75, 3.05) is 11.9 Å². The molecule has 104 valence electrons. The van der Waals surface area contributed by atoms with Gasteiger partial charge in [0.05, 0.1) is 28.7 Å². The minimum Gasteiger partial charge on any atom is -0.478 e. The largest absolute Gasteiger partial charge is 0.478 e. The van der Waals surface area contributed by atoms with Crippen molar-refractivity contribution < 1.29 is 14.7 Å². The third-order valence-corrected chi connectivity index (χ3v) is 3.03. The van der Waals surface area contributed by atoms with E-state index >= 15 is 0 Å². The van der Waals surface area contributed by atoms with Crippen LogP contribution in [0, 0.1) is 0 Å². The highest BCUT2D eigenvalue weighted by atomic mass is 32.1. The summed E-state index contributed by atoms with van der Waals surface area (Å²) >= 11 is 1.50. The van der Waals surface area contributed by atoms with Crippen LogP contribution in [0.4, 0.5) is 10.5 Å². The van der Waals surface area contributed by atoms with Crippen LogP contribution in [-0.2, 0) is 6.42 Å². The molecule has 8 heteroatoms. The van der Waals surface area contributed by atoms with Gasteiger partial charge in [-0.3, -0.25) is 4.98 Å². The van der Waals surface area contributed by atoms with Crippen LogP contribution in [-0.4, -0.2) is 33.6 Å². The molecule has 7 nitrogen and oxygen atoms in total. The molecule has 2 aromatic rings. The fourth-order valence-corrected chi connectivity index (χ4v) is 2.06. The summed E-state index contributed by atoms with van der Waals surface area (Å²) in [5, 5.41) is 15.9. The molecule has 0 saturated carbocycles. The molecular formula is C12H12N4O3S. The maximum atomic E-state index is 11.6. The van der Waals surface area contributed by atoms with E-state index in [0.29, 0.717) is 18.7 Å². The third kappa shape index (κ3) is 4.02. The molecule has 0 fully saturated rings. The monoisotopic (exact) mass is 292 g/mol. The molecule has 2 rings (SSSR count). The Balaban J connectivity index is 1.82. The number of nitrogens with one attached hydrogen (secondary N) is 2. The second kappa shape index (κ2) is 6.62. The van der Waals surface area contributed by atoms with Crippen molar-refractivity contribution in [2.45, 2.75) is 6.42 Å². The van der Waals surface area contributed by atoms with E-state index in [0.717, 1.165) is 5.69 Å². The van der Waals surface area contributed by atoms with E-state index in [2.05, 4.69) is 20.6 Å². The van der Waals surface area contributed by atoms with Crippen molar-refractivity contribution in [1.29, 1.82) is 0 Å². The molecule has 0 aliphatic heterocycles. The van der Waals surface area contributed by atoms with Crippen molar-refractivity contribution in [3.05, 3.63) is 40.6 Å². The number of carboxylic acids is 1. The molecule has 2 aromatic heterocycles. The Kier molecular flexibility index (Phi) is 4.61. The van der Waals surface area contributed by atoms with Gasteiger partial charge in [-0.25, -0.2) is 14.6 Å². The van der Waals surface area contributed by atoms with E-state index < -0.39 is 12.0 Å². The molecule has 2 heterocycles. The zero-order valence-electron chi connectivity index (χ0n) is 10.4. The number of amides is 2. The number of urea groups is 1. The molecule has 0 aliphatic carbocycles. The minimum atomic E-state index is -1.09. The number of thiazole rings is 1. The number of anilines is 1. The van der Waals surface area contributed by atoms with Crippen LogP contribution < -0.4 is 10.6 Å². The van der Waals surface area contributed by atoms with E-state index in [1.54, 1.807) is 5.51 Å². The highest BCUT2D eigenvalue weighted by Gasteiger charge is 2.06. The van der Waals surface area contributed by atoms with E-state index in [9.17, 15) is 9.59 Å². The number of pyridine rings is 1. The van der Waals surface area contributed by atoms with Crippen molar-refractivity contribution in [1.82, 2.24) is 15.3 Å². The van der Waals surface area contributed by atoms with Crippen LogP contribution in [0.1, 0.15) is 16.1 Å². The van der Waals surface area contributed by atoms with Crippen LogP contribution in [0.25, 0.3) is 0 Å². The molecule has 20 heavy (non-hydrogen) atoms. The highest BCUT2D eigenvalue weighted by Crippen LogP contribution is 2.08. The quantitative estimate of drug-likeness (QED) is 0.776. The van der Waals surface area contributed by atoms with Gasteiger partial charge < -0.3 is 15.7 Å². The number of nitrogens with zero attached hydrogens (tertiary/aromatic N) is 2. The number of carbonyl (C=O) groups excluding carboxylic acids is 1. The average molecular weight is 292 g/mol. The van der Waals surface area contributed by atoms with Gasteiger partial charge in [-0.15, -0.1) is 11.3 Å². The zero-order valence-corrected chi connectivity index (χ0v) is 11.2. The molecule has 0 saturated heterocycles. The summed E-state index contributed by atoms with van der Waals surface area (Å²) in [6.07, 6.45) is 3.24. The smallest absolute Gasteiger partial charge is 0.337 e. The SMILES string of the molecule is O=C(NCCc1cscn1)Nc1cncc(C(=O)O)c1. The topological polar surface area (TPSA) is 104 Å². The predicted octanol–water partition coefficient (Wildman–Crippen LogP) is 1.60. The Bertz CT molecular complexity index is 601. The lowest BCUT2D eigenvalue weighted by Gasteiger charge is -2.07. The van der Waals surface area contributed by atoms with Gasteiger partial charge in [0.25, 0.3) is 0 Å². The number of carbonyl (C=O) groups is 2. The number of aromatic carboxylic acids is 1. The van der Waals surface area contributed by atoms with Gasteiger partial charge in [0.1, 0.15) is 0 Å². The van der Waals surface area contributed by atoms with Gasteiger partial charge in [-0.1, -0.05) is 0 Å². The summed E-state index contributed by atoms with van der Waals surface area (Å²) in [5.74, 6) is -1.09. The highest BCUT2D eigenvalue weighted by molar-refractivity contribution is 7.07. The van der Waals surface area contributed by atoms with E-state index in [4.69, 9.17) is 5.11 Å². The first-order valence-corrected chi connectivity index (χ1v) is 6.69. The lowest BCUT2D eigenvalue weighted by Crippen LogP contribution is -2.30. The van der Waals surface area contributed by atoms with Gasteiger partial charge in [-0.05, 0) is 6.07 Å². The summed E-state index contributed by atoms with van der Waals surface area (Å²) in [6, 6.07) is 0.930. The maximum Gasteiger partial charge on any atom is 0.337 e. The predicted molar refractivity (Wildman–Crippen MR) is 74.0 cm³/mol. The van der Waals surface area contributed by atoms with E-state index in [1.165, 1.54) is 29.8 Å². The average Bonchev–Trinajstić information content (AvgIpc) is 2.92. The fraction of sp³-hybridized carbons (Fsp3) is 0.167. The van der Waals surface area contributed by atoms with Crippen LogP contribution in [0.5, 0.6) is 0 Å². The first-order valence-electron chi connectivity index (χ1n) is 5.75. The lowest BCUT2D eigenvalue weighted by molar-refractivity contribution is 0.0696. The van der Waals surface area contributed by atoms with E-state index in [1.807, 2.05) is 5.38 Å². The van der Waals surface area contributed by atoms with Crippen molar-refractivity contribution in [2.24, 2.45) is 0 Å². The Hall–Kier alpha value is -2.48. The maximum absolute atomic E-state index is 11.6. The Morgan fingerprint density at radius 3 is 2.90 bits per heavy atom. The van der Waals surface area contributed by atoms with Crippen LogP contribution >= 0.6 is 11.3 Å². The molecule has 0 spiro atoms. The molecule has 2 amide bonds. The van der Waals surface area contributed by atoms with Crippen molar-refractivity contribution in [3.8, 4) is 0 Å². The van der Waals surface area contributed by atoms with Crippen molar-refractivity contribution >= 4 is 29.0 Å². The number of hydrogen-bond donors (Lipinski definition) is 3. The normalized spacial score (nSPS) is 10.0. The van der Waals surface area contributed by atoms with E-state index in [-0.39, 0.29) is 5.56 Å². The minimum absolute atomic E-state index is 0.0188. The molecule has 0 radical (unpaired) electrons. The van der Waals surface area contributed by atoms with Crippen LogP contribution in [0.3, 0.4) is 0 Å². The molecule has 0 bridgehead atoms. The number of rotatable bonds is 5. The summed E-state index contributed by atoms with van der Waals surface area (Å²) < 4.78 is 0. The number of aromatic nitrogens is 2. The molecule has 0 atom stereocenters. The molecule has 0 aliphatic rings. The second-order valence-electron chi connectivity index (χ2n) is 3.88. The first-order chi connectivity index (χ1) is 9.65. The van der Waals surface area contributed by atoms with Gasteiger partial charge in [0.2, 0.25) is 0 Å². The third-order valence-electron chi connectivity index (χ3n) is 2.39. The zero-order chi connectivity index (χ0) is 14.4. The van der Waals surface area contributed by atoms with Gasteiger partial charge in [-0.2, -0.15) is 0 Å².